The molecule has 4 rings (SSSR count). The van der Waals surface area contributed by atoms with Crippen LogP contribution in [0.1, 0.15) is 11.1 Å². The number of fused-ring (bicyclic) bond motifs is 1. The normalized spacial score (nSPS) is 10.8. The van der Waals surface area contributed by atoms with Crippen LogP contribution in [0.5, 0.6) is 11.5 Å². The number of methoxy groups -OCH3 is 2. The number of nitrogens with zero attached hydrogens (tertiary/aromatic N) is 2. The molecule has 2 heterocycles. The third-order valence-corrected chi connectivity index (χ3v) is 4.97. The predicted octanol–water partition coefficient (Wildman–Crippen LogP) is 4.51. The van der Waals surface area contributed by atoms with Gasteiger partial charge < -0.3 is 19.2 Å². The Labute approximate surface area is 175 Å². The Balaban J connectivity index is 1.58. The number of imidazole rings is 1. The van der Waals surface area contributed by atoms with E-state index in [-0.39, 0.29) is 12.3 Å². The van der Waals surface area contributed by atoms with Crippen LogP contribution in [0.15, 0.2) is 67.0 Å². The third kappa shape index (κ3) is 3.98. The van der Waals surface area contributed by atoms with Crippen molar-refractivity contribution in [2.24, 2.45) is 0 Å². The first-order valence-electron chi connectivity index (χ1n) is 9.63. The topological polar surface area (TPSA) is 64.9 Å². The Bertz CT molecular complexity index is 1200. The fourth-order valence-electron chi connectivity index (χ4n) is 3.38. The molecule has 1 amide bonds. The van der Waals surface area contributed by atoms with Crippen LogP contribution >= 0.6 is 0 Å². The molecule has 4 aromatic rings. The number of carbonyl (C=O) groups excluding carboxylic acids is 1. The van der Waals surface area contributed by atoms with Crippen molar-refractivity contribution >= 4 is 17.2 Å². The second-order valence-electron chi connectivity index (χ2n) is 7.04. The number of aryl methyl sites for hydroxylation is 1. The second kappa shape index (κ2) is 8.29. The minimum absolute atomic E-state index is 0.124. The van der Waals surface area contributed by atoms with E-state index in [1.165, 1.54) is 0 Å². The maximum atomic E-state index is 12.6. The number of pyridine rings is 1. The molecule has 1 N–H and O–H groups in total. The summed E-state index contributed by atoms with van der Waals surface area (Å²) >= 11 is 0. The molecule has 30 heavy (non-hydrogen) atoms. The lowest BCUT2D eigenvalue weighted by Crippen LogP contribution is -2.15. The average molecular weight is 401 g/mol. The smallest absolute Gasteiger partial charge is 0.228 e. The van der Waals surface area contributed by atoms with Gasteiger partial charge in [0.25, 0.3) is 0 Å². The van der Waals surface area contributed by atoms with Crippen molar-refractivity contribution < 1.29 is 14.3 Å². The minimum Gasteiger partial charge on any atom is -0.497 e. The summed E-state index contributed by atoms with van der Waals surface area (Å²) in [5.41, 5.74) is 5.26. The lowest BCUT2D eigenvalue weighted by atomic mass is 10.1. The summed E-state index contributed by atoms with van der Waals surface area (Å²) in [6.07, 6.45) is 4.21. The molecule has 0 aliphatic carbocycles. The van der Waals surface area contributed by atoms with Gasteiger partial charge in [0.05, 0.1) is 32.0 Å². The second-order valence-corrected chi connectivity index (χ2v) is 7.04. The summed E-state index contributed by atoms with van der Waals surface area (Å²) in [7, 11) is 3.20. The van der Waals surface area contributed by atoms with Crippen LogP contribution < -0.4 is 14.8 Å². The maximum absolute atomic E-state index is 12.6. The number of carbonyl (C=O) groups is 1. The maximum Gasteiger partial charge on any atom is 0.228 e. The zero-order valence-electron chi connectivity index (χ0n) is 17.2. The van der Waals surface area contributed by atoms with Gasteiger partial charge >= 0.3 is 0 Å². The highest BCUT2D eigenvalue weighted by atomic mass is 16.5. The van der Waals surface area contributed by atoms with Crippen LogP contribution in [-0.2, 0) is 11.2 Å². The van der Waals surface area contributed by atoms with Gasteiger partial charge in [0.15, 0.2) is 0 Å². The predicted molar refractivity (Wildman–Crippen MR) is 117 cm³/mol. The van der Waals surface area contributed by atoms with Crippen LogP contribution in [0, 0.1) is 6.92 Å². The zero-order chi connectivity index (χ0) is 21.1. The third-order valence-electron chi connectivity index (χ3n) is 4.97. The molecule has 2 aromatic carbocycles. The Morgan fingerprint density at radius 1 is 1.07 bits per heavy atom. The van der Waals surface area contributed by atoms with Gasteiger partial charge in [-0.2, -0.15) is 0 Å². The number of ether oxygens (including phenoxy) is 2. The van der Waals surface area contributed by atoms with Crippen LogP contribution in [0.2, 0.25) is 0 Å². The molecule has 2 aromatic heterocycles. The van der Waals surface area contributed by atoms with E-state index in [9.17, 15) is 4.79 Å². The summed E-state index contributed by atoms with van der Waals surface area (Å²) in [6.45, 7) is 2.03. The van der Waals surface area contributed by atoms with Crippen molar-refractivity contribution in [3.05, 3.63) is 78.1 Å². The number of anilines is 1. The first-order chi connectivity index (χ1) is 14.6. The molecule has 0 saturated heterocycles. The molecular formula is C24H23N3O3. The monoisotopic (exact) mass is 401 g/mol. The van der Waals surface area contributed by atoms with Gasteiger partial charge in [0.2, 0.25) is 5.91 Å². The quantitative estimate of drug-likeness (QED) is 0.516. The fraction of sp³-hybridized carbons (Fsp3) is 0.167. The lowest BCUT2D eigenvalue weighted by molar-refractivity contribution is -0.115. The number of benzene rings is 2. The van der Waals surface area contributed by atoms with E-state index in [2.05, 4.69) is 5.32 Å². The van der Waals surface area contributed by atoms with E-state index < -0.39 is 0 Å². The molecule has 0 saturated carbocycles. The highest BCUT2D eigenvalue weighted by Crippen LogP contribution is 2.31. The van der Waals surface area contributed by atoms with Crippen molar-refractivity contribution in [3.8, 4) is 22.8 Å². The van der Waals surface area contributed by atoms with Crippen molar-refractivity contribution in [2.45, 2.75) is 13.3 Å². The number of amides is 1. The fourth-order valence-corrected chi connectivity index (χ4v) is 3.38. The van der Waals surface area contributed by atoms with Gasteiger partial charge in [-0.3, -0.25) is 4.79 Å². The Kier molecular flexibility index (Phi) is 5.39. The molecule has 0 aliphatic heterocycles. The van der Waals surface area contributed by atoms with Crippen molar-refractivity contribution in [1.82, 2.24) is 9.38 Å². The number of aromatic nitrogens is 2. The summed E-state index contributed by atoms with van der Waals surface area (Å²) in [5, 5.41) is 2.96. The Hall–Kier alpha value is -3.80. The van der Waals surface area contributed by atoms with Gasteiger partial charge in [-0.25, -0.2) is 4.98 Å². The number of rotatable bonds is 6. The molecule has 0 bridgehead atoms. The molecule has 0 spiro atoms. The Morgan fingerprint density at radius 2 is 1.87 bits per heavy atom. The van der Waals surface area contributed by atoms with Gasteiger partial charge in [0, 0.05) is 18.0 Å². The molecule has 0 aliphatic rings. The van der Waals surface area contributed by atoms with E-state index in [0.29, 0.717) is 11.4 Å². The molecule has 0 unspecified atom stereocenters. The zero-order valence-corrected chi connectivity index (χ0v) is 17.2. The van der Waals surface area contributed by atoms with Crippen molar-refractivity contribution in [2.75, 3.05) is 19.5 Å². The Morgan fingerprint density at radius 3 is 2.57 bits per heavy atom. The lowest BCUT2D eigenvalue weighted by Gasteiger charge is -2.12. The first kappa shape index (κ1) is 19.5. The largest absolute Gasteiger partial charge is 0.497 e. The summed E-state index contributed by atoms with van der Waals surface area (Å²) in [4.78, 5) is 17.4. The number of hydrogen-bond donors (Lipinski definition) is 1. The van der Waals surface area contributed by atoms with Crippen LogP contribution in [0.25, 0.3) is 16.9 Å². The standard InChI is InChI=1S/C24H23N3O3/c1-16-5-4-12-27-15-21(26-24(16)27)18-8-11-22(30-3)20(14-18)25-23(28)13-17-6-9-19(29-2)10-7-17/h4-12,14-15H,13H2,1-3H3,(H,25,28). The van der Waals surface area contributed by atoms with Crippen LogP contribution in [0.3, 0.4) is 0 Å². The number of hydrogen-bond acceptors (Lipinski definition) is 4. The molecule has 0 fully saturated rings. The molecule has 152 valence electrons. The average Bonchev–Trinajstić information content (AvgIpc) is 3.20. The molecule has 0 radical (unpaired) electrons. The number of nitrogens with one attached hydrogen (secondary N) is 1. The van der Waals surface area contributed by atoms with E-state index in [1.807, 2.05) is 78.3 Å². The van der Waals surface area contributed by atoms with Crippen LogP contribution in [0.4, 0.5) is 5.69 Å². The van der Waals surface area contributed by atoms with Gasteiger partial charge in [0.1, 0.15) is 17.1 Å². The van der Waals surface area contributed by atoms with Gasteiger partial charge in [-0.05, 0) is 54.4 Å². The molecular weight excluding hydrogens is 378 g/mol. The van der Waals surface area contributed by atoms with E-state index in [0.717, 1.165) is 33.8 Å². The first-order valence-corrected chi connectivity index (χ1v) is 9.63. The van der Waals surface area contributed by atoms with Crippen LogP contribution in [-0.4, -0.2) is 29.5 Å². The summed E-state index contributed by atoms with van der Waals surface area (Å²) in [6, 6.07) is 17.1. The van der Waals surface area contributed by atoms with E-state index in [1.54, 1.807) is 14.2 Å². The van der Waals surface area contributed by atoms with Crippen molar-refractivity contribution in [1.29, 1.82) is 0 Å². The SMILES string of the molecule is COc1ccc(CC(=O)Nc2cc(-c3cn4cccc(C)c4n3)ccc2OC)cc1. The highest BCUT2D eigenvalue weighted by Gasteiger charge is 2.13. The molecule has 6 heteroatoms. The molecule has 6 nitrogen and oxygen atoms in total. The van der Waals surface area contributed by atoms with Gasteiger partial charge in [-0.15, -0.1) is 0 Å². The molecule has 0 atom stereocenters. The minimum atomic E-state index is -0.124. The highest BCUT2D eigenvalue weighted by molar-refractivity contribution is 5.94. The van der Waals surface area contributed by atoms with Crippen molar-refractivity contribution in [3.63, 3.8) is 0 Å². The summed E-state index contributed by atoms with van der Waals surface area (Å²) in [5.74, 6) is 1.24. The van der Waals surface area contributed by atoms with E-state index >= 15 is 0 Å². The van der Waals surface area contributed by atoms with E-state index in [4.69, 9.17) is 14.5 Å². The summed E-state index contributed by atoms with van der Waals surface area (Å²) < 4.78 is 12.6. The van der Waals surface area contributed by atoms with Gasteiger partial charge in [-0.1, -0.05) is 18.2 Å².